The molecule has 2 saturated heterocycles. The highest BCUT2D eigenvalue weighted by molar-refractivity contribution is 5.96. The number of benzene rings is 1. The van der Waals surface area contributed by atoms with E-state index in [1.807, 2.05) is 19.1 Å². The summed E-state index contributed by atoms with van der Waals surface area (Å²) in [6.07, 6.45) is 5.89. The van der Waals surface area contributed by atoms with Gasteiger partial charge in [0.1, 0.15) is 11.6 Å². The SMILES string of the molecule is Cc1c(-c2cc(F)cc(F)c2)nc2ncccc2c1N1CC2(CCOCC2)C2=C1C=C(N1CCOCC1)CN2. The first-order chi connectivity index (χ1) is 19.0. The summed E-state index contributed by atoms with van der Waals surface area (Å²) in [5.74, 6) is -1.26. The Labute approximate surface area is 226 Å². The molecule has 7 nitrogen and oxygen atoms in total. The summed E-state index contributed by atoms with van der Waals surface area (Å²) >= 11 is 0. The maximum atomic E-state index is 14.3. The van der Waals surface area contributed by atoms with Crippen LogP contribution in [0.2, 0.25) is 0 Å². The van der Waals surface area contributed by atoms with Crippen LogP contribution in [0, 0.1) is 24.0 Å². The van der Waals surface area contributed by atoms with E-state index in [-0.39, 0.29) is 5.41 Å². The lowest BCUT2D eigenvalue weighted by atomic mass is 9.78. The molecule has 4 aliphatic heterocycles. The van der Waals surface area contributed by atoms with Crippen molar-refractivity contribution in [1.29, 1.82) is 0 Å². The maximum Gasteiger partial charge on any atom is 0.161 e. The van der Waals surface area contributed by atoms with Crippen LogP contribution in [-0.4, -0.2) is 67.5 Å². The lowest BCUT2D eigenvalue weighted by Gasteiger charge is -2.38. The molecule has 4 aliphatic rings. The summed E-state index contributed by atoms with van der Waals surface area (Å²) in [5.41, 5.74) is 6.91. The van der Waals surface area contributed by atoms with Gasteiger partial charge in [0.25, 0.3) is 0 Å². The number of halogens is 2. The van der Waals surface area contributed by atoms with Crippen molar-refractivity contribution in [2.75, 3.05) is 57.5 Å². The number of allylic oxidation sites excluding steroid dienone is 1. The molecule has 1 N–H and O–H groups in total. The Hall–Kier alpha value is -3.56. The van der Waals surface area contributed by atoms with Gasteiger partial charge in [-0.15, -0.1) is 0 Å². The number of anilines is 1. The molecule has 0 bridgehead atoms. The second-order valence-electron chi connectivity index (χ2n) is 10.8. The molecule has 0 radical (unpaired) electrons. The Bertz CT molecular complexity index is 1490. The van der Waals surface area contributed by atoms with Crippen LogP contribution < -0.4 is 10.2 Å². The predicted octanol–water partition coefficient (Wildman–Crippen LogP) is 4.53. The van der Waals surface area contributed by atoms with E-state index in [0.717, 1.165) is 93.8 Å². The van der Waals surface area contributed by atoms with Crippen molar-refractivity contribution in [3.05, 3.63) is 76.9 Å². The number of rotatable bonds is 3. The van der Waals surface area contributed by atoms with E-state index in [1.54, 1.807) is 6.20 Å². The highest BCUT2D eigenvalue weighted by atomic mass is 19.1. The van der Waals surface area contributed by atoms with Crippen molar-refractivity contribution in [1.82, 2.24) is 20.2 Å². The van der Waals surface area contributed by atoms with Crippen molar-refractivity contribution in [3.63, 3.8) is 0 Å². The van der Waals surface area contributed by atoms with Gasteiger partial charge in [0.05, 0.1) is 36.8 Å². The van der Waals surface area contributed by atoms with E-state index in [0.29, 0.717) is 16.9 Å². The molecule has 1 spiro atoms. The van der Waals surface area contributed by atoms with Crippen LogP contribution in [0.1, 0.15) is 18.4 Å². The van der Waals surface area contributed by atoms with Gasteiger partial charge >= 0.3 is 0 Å². The normalized spacial score (nSPS) is 20.8. The summed E-state index contributed by atoms with van der Waals surface area (Å²) in [6.45, 7) is 8.17. The average Bonchev–Trinajstić information content (AvgIpc) is 3.25. The van der Waals surface area contributed by atoms with Crippen molar-refractivity contribution < 1.29 is 18.3 Å². The number of morpholine rings is 1. The number of aromatic nitrogens is 2. The minimum absolute atomic E-state index is 0.0595. The van der Waals surface area contributed by atoms with E-state index in [9.17, 15) is 8.78 Å². The Balaban J connectivity index is 1.43. The summed E-state index contributed by atoms with van der Waals surface area (Å²) in [6, 6.07) is 7.51. The van der Waals surface area contributed by atoms with Crippen LogP contribution in [0.5, 0.6) is 0 Å². The molecule has 0 aliphatic carbocycles. The first kappa shape index (κ1) is 24.5. The number of dihydropyridines is 1. The Morgan fingerprint density at radius 1 is 1.00 bits per heavy atom. The molecular weight excluding hydrogens is 500 g/mol. The molecule has 0 unspecified atom stereocenters. The second kappa shape index (κ2) is 9.57. The molecular formula is C30H31F2N5O2. The Morgan fingerprint density at radius 2 is 1.74 bits per heavy atom. The minimum atomic E-state index is -0.629. The number of fused-ring (bicyclic) bond motifs is 2. The lowest BCUT2D eigenvalue weighted by Crippen LogP contribution is -2.43. The van der Waals surface area contributed by atoms with Crippen LogP contribution in [0.3, 0.4) is 0 Å². The predicted molar refractivity (Wildman–Crippen MR) is 145 cm³/mol. The van der Waals surface area contributed by atoms with E-state index in [2.05, 4.69) is 26.2 Å². The van der Waals surface area contributed by atoms with E-state index in [4.69, 9.17) is 14.5 Å². The quantitative estimate of drug-likeness (QED) is 0.533. The van der Waals surface area contributed by atoms with Gasteiger partial charge in [0, 0.05) is 72.9 Å². The zero-order chi connectivity index (χ0) is 26.6. The van der Waals surface area contributed by atoms with Crippen LogP contribution >= 0.6 is 0 Å². The molecule has 0 amide bonds. The highest BCUT2D eigenvalue weighted by Crippen LogP contribution is 2.50. The molecule has 202 valence electrons. The van der Waals surface area contributed by atoms with Crippen LogP contribution in [0.15, 0.2) is 59.7 Å². The molecule has 2 fully saturated rings. The number of pyridine rings is 2. The van der Waals surface area contributed by atoms with Crippen LogP contribution in [0.25, 0.3) is 22.3 Å². The molecule has 0 saturated carbocycles. The van der Waals surface area contributed by atoms with E-state index >= 15 is 0 Å². The van der Waals surface area contributed by atoms with Gasteiger partial charge < -0.3 is 24.6 Å². The number of hydrogen-bond acceptors (Lipinski definition) is 7. The third-order valence-electron chi connectivity index (χ3n) is 8.53. The monoisotopic (exact) mass is 531 g/mol. The molecule has 6 heterocycles. The fourth-order valence-electron chi connectivity index (χ4n) is 6.61. The molecule has 7 rings (SSSR count). The number of nitrogens with one attached hydrogen (secondary N) is 1. The third-order valence-corrected chi connectivity index (χ3v) is 8.53. The van der Waals surface area contributed by atoms with Gasteiger partial charge in [-0.05, 0) is 55.7 Å². The van der Waals surface area contributed by atoms with E-state index in [1.165, 1.54) is 23.5 Å². The fraction of sp³-hybridized carbons (Fsp3) is 0.400. The van der Waals surface area contributed by atoms with Crippen molar-refractivity contribution in [2.24, 2.45) is 5.41 Å². The van der Waals surface area contributed by atoms with Crippen molar-refractivity contribution in [2.45, 2.75) is 19.8 Å². The largest absolute Gasteiger partial charge is 0.381 e. The molecule has 3 aromatic rings. The molecule has 0 atom stereocenters. The smallest absolute Gasteiger partial charge is 0.161 e. The van der Waals surface area contributed by atoms with Gasteiger partial charge in [-0.2, -0.15) is 0 Å². The second-order valence-corrected chi connectivity index (χ2v) is 10.8. The molecule has 1 aromatic carbocycles. The standard InChI is InChI=1S/C30H31F2N5O2/c1-19-26(20-13-21(31)15-22(32)14-20)35-29-24(3-2-6-33-29)27(19)37-18-30(4-9-38-10-5-30)28-25(37)16-23(17-34-28)36-7-11-39-12-8-36/h2-3,6,13-16,34H,4-5,7-12,17-18H2,1H3. The minimum Gasteiger partial charge on any atom is -0.381 e. The zero-order valence-electron chi connectivity index (χ0n) is 22.0. The van der Waals surface area contributed by atoms with Gasteiger partial charge in [-0.1, -0.05) is 0 Å². The summed E-state index contributed by atoms with van der Waals surface area (Å²) in [5, 5.41) is 4.73. The Kier molecular flexibility index (Phi) is 6.01. The number of hydrogen-bond donors (Lipinski definition) is 1. The third kappa shape index (κ3) is 4.15. The Morgan fingerprint density at radius 3 is 2.51 bits per heavy atom. The summed E-state index contributed by atoms with van der Waals surface area (Å²) < 4.78 is 40.0. The van der Waals surface area contributed by atoms with Gasteiger partial charge in [0.2, 0.25) is 0 Å². The topological polar surface area (TPSA) is 62.8 Å². The first-order valence-electron chi connectivity index (χ1n) is 13.6. The average molecular weight is 532 g/mol. The first-order valence-corrected chi connectivity index (χ1v) is 13.6. The molecule has 9 heteroatoms. The zero-order valence-corrected chi connectivity index (χ0v) is 22.0. The number of ether oxygens (including phenoxy) is 2. The van der Waals surface area contributed by atoms with Gasteiger partial charge in [0.15, 0.2) is 5.65 Å². The highest BCUT2D eigenvalue weighted by Gasteiger charge is 2.47. The van der Waals surface area contributed by atoms with Crippen molar-refractivity contribution in [3.8, 4) is 11.3 Å². The maximum absolute atomic E-state index is 14.3. The van der Waals surface area contributed by atoms with Gasteiger partial charge in [-0.25, -0.2) is 18.7 Å². The fourth-order valence-corrected chi connectivity index (χ4v) is 6.61. The molecule has 39 heavy (non-hydrogen) atoms. The van der Waals surface area contributed by atoms with E-state index < -0.39 is 11.6 Å². The molecule has 2 aromatic heterocycles. The van der Waals surface area contributed by atoms with Gasteiger partial charge in [-0.3, -0.25) is 0 Å². The van der Waals surface area contributed by atoms with Crippen LogP contribution in [-0.2, 0) is 9.47 Å². The summed E-state index contributed by atoms with van der Waals surface area (Å²) in [4.78, 5) is 14.1. The van der Waals surface area contributed by atoms with Crippen LogP contribution in [0.4, 0.5) is 14.5 Å². The lowest BCUT2D eigenvalue weighted by molar-refractivity contribution is 0.0357. The number of nitrogens with zero attached hydrogens (tertiary/aromatic N) is 4. The summed E-state index contributed by atoms with van der Waals surface area (Å²) in [7, 11) is 0. The van der Waals surface area contributed by atoms with Crippen molar-refractivity contribution >= 4 is 16.7 Å².